The van der Waals surface area contributed by atoms with Gasteiger partial charge < -0.3 is 29.2 Å². The summed E-state index contributed by atoms with van der Waals surface area (Å²) in [5.74, 6) is -2.00. The topological polar surface area (TPSA) is 163 Å². The maximum Gasteiger partial charge on any atom is 0.308 e. The number of carboxylic acid groups (broad SMARTS) is 1. The first-order valence-corrected chi connectivity index (χ1v) is 23.8. The Morgan fingerprint density at radius 2 is 0.586 bits per heavy atom. The molecule has 0 radical (unpaired) electrons. The van der Waals surface area contributed by atoms with E-state index in [1.807, 2.05) is 0 Å². The average Bonchev–Trinajstić information content (AvgIpc) is 3.18. The van der Waals surface area contributed by atoms with Crippen molar-refractivity contribution < 1.29 is 53.1 Å². The van der Waals surface area contributed by atoms with Crippen LogP contribution < -0.4 is 0 Å². The Morgan fingerprint density at radius 1 is 0.345 bits per heavy atom. The lowest BCUT2D eigenvalue weighted by molar-refractivity contribution is -0.150. The Balaban J connectivity index is 3.43. The number of aliphatic hydroxyl groups is 1. The van der Waals surface area contributed by atoms with Crippen molar-refractivity contribution in [2.45, 2.75) is 244 Å². The Morgan fingerprint density at radius 3 is 0.879 bits per heavy atom. The third kappa shape index (κ3) is 44.4. The second-order valence-corrected chi connectivity index (χ2v) is 16.2. The molecule has 0 saturated heterocycles. The summed E-state index contributed by atoms with van der Waals surface area (Å²) in [6, 6.07) is 0. The van der Waals surface area contributed by atoms with Crippen LogP contribution in [0, 0.1) is 0 Å². The minimum Gasteiger partial charge on any atom is -0.481 e. The standard InChI is InChI=1S/C47H86O11/c1-2-3-4-5-6-7-8-9-12-16-23-31-38-57-46(53)40-42(48)41-47(54)58-39-32-25-18-21-28-35-45(52)55-36-29-22-15-13-10-11-14-20-27-34-44(51)56-37-30-24-17-19-26-33-43(49)50/h42,48H,2-41H2,1H3,(H,49,50). The fourth-order valence-corrected chi connectivity index (χ4v) is 6.83. The van der Waals surface area contributed by atoms with Gasteiger partial charge in [-0.1, -0.05) is 161 Å². The summed E-state index contributed by atoms with van der Waals surface area (Å²) in [6.45, 7) is 3.81. The van der Waals surface area contributed by atoms with Crippen LogP contribution in [0.25, 0.3) is 0 Å². The maximum absolute atomic E-state index is 12.0. The van der Waals surface area contributed by atoms with Gasteiger partial charge in [0.1, 0.15) is 0 Å². The highest BCUT2D eigenvalue weighted by molar-refractivity contribution is 5.73. The average molecular weight is 827 g/mol. The van der Waals surface area contributed by atoms with E-state index in [0.29, 0.717) is 45.5 Å². The summed E-state index contributed by atoms with van der Waals surface area (Å²) in [7, 11) is 0. The SMILES string of the molecule is CCCCCCCCCCCCCCOC(=O)CC(O)CC(=O)OCCCCCCCC(=O)OCCCCCCCCCCCC(=O)OCCCCCCCC(=O)O. The number of esters is 4. The number of aliphatic hydroxyl groups excluding tert-OH is 1. The van der Waals surface area contributed by atoms with Crippen molar-refractivity contribution in [1.82, 2.24) is 0 Å². The van der Waals surface area contributed by atoms with Crippen LogP contribution in [0.5, 0.6) is 0 Å². The van der Waals surface area contributed by atoms with Crippen molar-refractivity contribution >= 4 is 29.8 Å². The van der Waals surface area contributed by atoms with Crippen molar-refractivity contribution in [3.05, 3.63) is 0 Å². The van der Waals surface area contributed by atoms with Gasteiger partial charge in [-0.2, -0.15) is 0 Å². The van der Waals surface area contributed by atoms with E-state index < -0.39 is 24.0 Å². The lowest BCUT2D eigenvalue weighted by Gasteiger charge is -2.10. The maximum atomic E-state index is 12.0. The predicted molar refractivity (Wildman–Crippen MR) is 229 cm³/mol. The molecule has 1 unspecified atom stereocenters. The van der Waals surface area contributed by atoms with Gasteiger partial charge >= 0.3 is 29.8 Å². The molecule has 0 rings (SSSR count). The molecule has 0 saturated carbocycles. The molecule has 0 heterocycles. The Labute approximate surface area is 352 Å². The van der Waals surface area contributed by atoms with Gasteiger partial charge in [0.15, 0.2) is 0 Å². The molecule has 0 aromatic heterocycles. The highest BCUT2D eigenvalue weighted by Crippen LogP contribution is 2.14. The number of unbranched alkanes of at least 4 members (excludes halogenated alkanes) is 27. The zero-order chi connectivity index (χ0) is 42.6. The summed E-state index contributed by atoms with van der Waals surface area (Å²) in [5.41, 5.74) is 0. The quantitative estimate of drug-likeness (QED) is 0.0341. The zero-order valence-electron chi connectivity index (χ0n) is 36.9. The van der Waals surface area contributed by atoms with Crippen LogP contribution in [0.1, 0.15) is 238 Å². The molecule has 0 bridgehead atoms. The summed E-state index contributed by atoms with van der Waals surface area (Å²) < 4.78 is 21.1. The molecular weight excluding hydrogens is 741 g/mol. The van der Waals surface area contributed by atoms with Crippen molar-refractivity contribution in [1.29, 1.82) is 0 Å². The number of ether oxygens (including phenoxy) is 4. The van der Waals surface area contributed by atoms with Gasteiger partial charge in [0.05, 0.1) is 45.4 Å². The number of carboxylic acids is 1. The zero-order valence-corrected chi connectivity index (χ0v) is 36.9. The van der Waals surface area contributed by atoms with Crippen molar-refractivity contribution in [3.8, 4) is 0 Å². The largest absolute Gasteiger partial charge is 0.481 e. The molecular formula is C47H86O11. The molecule has 11 heteroatoms. The van der Waals surface area contributed by atoms with Gasteiger partial charge in [-0.25, -0.2) is 0 Å². The second-order valence-electron chi connectivity index (χ2n) is 16.2. The van der Waals surface area contributed by atoms with E-state index in [9.17, 15) is 29.1 Å². The van der Waals surface area contributed by atoms with Crippen LogP contribution in [0.4, 0.5) is 0 Å². The van der Waals surface area contributed by atoms with Crippen LogP contribution in [-0.4, -0.2) is 72.6 Å². The van der Waals surface area contributed by atoms with Crippen molar-refractivity contribution in [2.75, 3.05) is 26.4 Å². The number of carbonyl (C=O) groups excluding carboxylic acids is 4. The predicted octanol–water partition coefficient (Wildman–Crippen LogP) is 11.7. The molecule has 0 aliphatic rings. The minimum absolute atomic E-state index is 0.119. The molecule has 0 aliphatic heterocycles. The van der Waals surface area contributed by atoms with E-state index in [2.05, 4.69) is 6.92 Å². The molecule has 0 aromatic rings. The number of carbonyl (C=O) groups is 5. The second kappa shape index (κ2) is 43.9. The van der Waals surface area contributed by atoms with Crippen LogP contribution in [0.3, 0.4) is 0 Å². The monoisotopic (exact) mass is 827 g/mol. The molecule has 2 N–H and O–H groups in total. The molecule has 340 valence electrons. The molecule has 0 fully saturated rings. The summed E-state index contributed by atoms with van der Waals surface area (Å²) in [5, 5.41) is 18.7. The molecule has 0 aromatic carbocycles. The first-order valence-electron chi connectivity index (χ1n) is 23.8. The van der Waals surface area contributed by atoms with Gasteiger partial charge in [0.2, 0.25) is 0 Å². The van der Waals surface area contributed by atoms with E-state index in [4.69, 9.17) is 24.1 Å². The first-order chi connectivity index (χ1) is 28.2. The minimum atomic E-state index is -1.10. The van der Waals surface area contributed by atoms with E-state index in [1.165, 1.54) is 77.0 Å². The van der Waals surface area contributed by atoms with Gasteiger partial charge in [-0.15, -0.1) is 0 Å². The van der Waals surface area contributed by atoms with Crippen LogP contribution in [-0.2, 0) is 42.9 Å². The normalized spacial score (nSPS) is 11.6. The van der Waals surface area contributed by atoms with Crippen molar-refractivity contribution in [2.24, 2.45) is 0 Å². The summed E-state index contributed by atoms with van der Waals surface area (Å²) in [6.07, 6.45) is 32.7. The third-order valence-electron chi connectivity index (χ3n) is 10.4. The Hall–Kier alpha value is -2.69. The smallest absolute Gasteiger partial charge is 0.308 e. The fraction of sp³-hybridized carbons (Fsp3) is 0.894. The van der Waals surface area contributed by atoms with E-state index >= 15 is 0 Å². The Kier molecular flexibility index (Phi) is 41.8. The lowest BCUT2D eigenvalue weighted by Crippen LogP contribution is -2.21. The molecule has 0 amide bonds. The number of hydrogen-bond acceptors (Lipinski definition) is 10. The van der Waals surface area contributed by atoms with Crippen LogP contribution in [0.15, 0.2) is 0 Å². The molecule has 11 nitrogen and oxygen atoms in total. The number of aliphatic carboxylic acids is 1. The molecule has 58 heavy (non-hydrogen) atoms. The van der Waals surface area contributed by atoms with Crippen molar-refractivity contribution in [3.63, 3.8) is 0 Å². The lowest BCUT2D eigenvalue weighted by atomic mass is 10.1. The molecule has 0 spiro atoms. The summed E-state index contributed by atoms with van der Waals surface area (Å²) >= 11 is 0. The fourth-order valence-electron chi connectivity index (χ4n) is 6.83. The van der Waals surface area contributed by atoms with Crippen LogP contribution in [0.2, 0.25) is 0 Å². The highest BCUT2D eigenvalue weighted by Gasteiger charge is 2.17. The van der Waals surface area contributed by atoms with Gasteiger partial charge in [0.25, 0.3) is 0 Å². The first kappa shape index (κ1) is 55.3. The van der Waals surface area contributed by atoms with E-state index in [0.717, 1.165) is 109 Å². The summed E-state index contributed by atoms with van der Waals surface area (Å²) in [4.78, 5) is 58.4. The highest BCUT2D eigenvalue weighted by atomic mass is 16.5. The van der Waals surface area contributed by atoms with Gasteiger partial charge in [0, 0.05) is 19.3 Å². The number of hydrogen-bond donors (Lipinski definition) is 2. The van der Waals surface area contributed by atoms with E-state index in [-0.39, 0.29) is 37.8 Å². The number of rotatable bonds is 45. The van der Waals surface area contributed by atoms with E-state index in [1.54, 1.807) is 0 Å². The molecule has 1 atom stereocenters. The molecule has 0 aliphatic carbocycles. The Bertz CT molecular complexity index is 986. The van der Waals surface area contributed by atoms with Gasteiger partial charge in [-0.05, 0) is 44.9 Å². The third-order valence-corrected chi connectivity index (χ3v) is 10.4. The van der Waals surface area contributed by atoms with Gasteiger partial charge in [-0.3, -0.25) is 24.0 Å². The van der Waals surface area contributed by atoms with Crippen LogP contribution >= 0.6 is 0 Å².